The Bertz CT molecular complexity index is 423. The fraction of sp³-hybridized carbons (Fsp3) is 0.875. The molecule has 118 valence electrons. The average molecular weight is 293 g/mol. The van der Waals surface area contributed by atoms with E-state index in [0.29, 0.717) is 12.5 Å². The molecule has 21 heavy (non-hydrogen) atoms. The lowest BCUT2D eigenvalue weighted by atomic mass is 9.85. The van der Waals surface area contributed by atoms with Gasteiger partial charge >= 0.3 is 0 Å². The fourth-order valence-corrected chi connectivity index (χ4v) is 3.60. The Balaban J connectivity index is 1.71. The van der Waals surface area contributed by atoms with E-state index in [-0.39, 0.29) is 12.1 Å². The third-order valence-corrected chi connectivity index (χ3v) is 4.74. The van der Waals surface area contributed by atoms with Crippen molar-refractivity contribution < 1.29 is 9.26 Å². The molecule has 0 spiro atoms. The van der Waals surface area contributed by atoms with Crippen molar-refractivity contribution in [3.05, 3.63) is 11.7 Å². The minimum Gasteiger partial charge on any atom is -0.370 e. The summed E-state index contributed by atoms with van der Waals surface area (Å²) in [5.41, 5.74) is 0. The molecular weight excluding hydrogens is 266 g/mol. The SMILES string of the molecule is CCOC(c1noc([C@@H]2CCCCN2)n1)C1CCCCC1. The second-order valence-corrected chi connectivity index (χ2v) is 6.27. The standard InChI is InChI=1S/C16H27N3O2/c1-2-20-14(12-8-4-3-5-9-12)15-18-16(21-19-15)13-10-6-7-11-17-13/h12-14,17H,2-11H2,1H3/t13-,14?/m0/s1. The molecule has 1 unspecified atom stereocenters. The molecule has 2 fully saturated rings. The zero-order valence-corrected chi connectivity index (χ0v) is 13.0. The van der Waals surface area contributed by atoms with Gasteiger partial charge in [-0.15, -0.1) is 0 Å². The summed E-state index contributed by atoms with van der Waals surface area (Å²) in [6.45, 7) is 3.78. The molecule has 0 radical (unpaired) electrons. The second-order valence-electron chi connectivity index (χ2n) is 6.27. The number of aromatic nitrogens is 2. The lowest BCUT2D eigenvalue weighted by Gasteiger charge is -2.27. The molecule has 1 saturated carbocycles. The molecule has 1 aromatic heterocycles. The van der Waals surface area contributed by atoms with Gasteiger partial charge in [0.25, 0.3) is 0 Å². The van der Waals surface area contributed by atoms with Crippen molar-refractivity contribution in [1.82, 2.24) is 15.5 Å². The maximum absolute atomic E-state index is 5.96. The summed E-state index contributed by atoms with van der Waals surface area (Å²) in [5, 5.41) is 7.70. The molecule has 1 aliphatic heterocycles. The van der Waals surface area contributed by atoms with Crippen LogP contribution in [0.1, 0.15) is 82.2 Å². The van der Waals surface area contributed by atoms with E-state index < -0.39 is 0 Å². The molecule has 5 heteroatoms. The Morgan fingerprint density at radius 3 is 2.71 bits per heavy atom. The van der Waals surface area contributed by atoms with E-state index in [2.05, 4.69) is 15.5 Å². The molecule has 2 atom stereocenters. The normalized spacial score (nSPS) is 25.9. The third kappa shape index (κ3) is 3.64. The molecular formula is C16H27N3O2. The van der Waals surface area contributed by atoms with E-state index in [1.165, 1.54) is 44.9 Å². The van der Waals surface area contributed by atoms with E-state index in [1.54, 1.807) is 0 Å². The highest BCUT2D eigenvalue weighted by Crippen LogP contribution is 2.36. The van der Waals surface area contributed by atoms with Crippen molar-refractivity contribution in [2.45, 2.75) is 70.4 Å². The predicted octanol–water partition coefficient (Wildman–Crippen LogP) is 3.54. The summed E-state index contributed by atoms with van der Waals surface area (Å²) in [6.07, 6.45) is 9.94. The van der Waals surface area contributed by atoms with Gasteiger partial charge in [0.15, 0.2) is 0 Å². The molecule has 1 aromatic rings. The zero-order chi connectivity index (χ0) is 14.5. The van der Waals surface area contributed by atoms with Gasteiger partial charge in [0.1, 0.15) is 6.10 Å². The first-order chi connectivity index (χ1) is 10.4. The molecule has 0 amide bonds. The molecule has 0 bridgehead atoms. The minimum atomic E-state index is 0.0105. The third-order valence-electron chi connectivity index (χ3n) is 4.74. The molecule has 1 N–H and O–H groups in total. The highest BCUT2D eigenvalue weighted by molar-refractivity contribution is 4.99. The second kappa shape index (κ2) is 7.36. The van der Waals surface area contributed by atoms with Crippen LogP contribution in [0, 0.1) is 5.92 Å². The van der Waals surface area contributed by atoms with E-state index in [9.17, 15) is 0 Å². The Labute approximate surface area is 126 Å². The van der Waals surface area contributed by atoms with Gasteiger partial charge in [-0.2, -0.15) is 4.98 Å². The Hall–Kier alpha value is -0.940. The summed E-state index contributed by atoms with van der Waals surface area (Å²) in [4.78, 5) is 4.66. The quantitative estimate of drug-likeness (QED) is 0.899. The largest absolute Gasteiger partial charge is 0.370 e. The Kier molecular flexibility index (Phi) is 5.25. The lowest BCUT2D eigenvalue weighted by Crippen LogP contribution is -2.27. The van der Waals surface area contributed by atoms with Crippen LogP contribution >= 0.6 is 0 Å². The van der Waals surface area contributed by atoms with Crippen LogP contribution in [-0.2, 0) is 4.74 Å². The molecule has 2 heterocycles. The summed E-state index contributed by atoms with van der Waals surface area (Å²) >= 11 is 0. The Morgan fingerprint density at radius 2 is 2.00 bits per heavy atom. The number of hydrogen-bond donors (Lipinski definition) is 1. The number of rotatable bonds is 5. The van der Waals surface area contributed by atoms with Gasteiger partial charge in [0, 0.05) is 6.61 Å². The van der Waals surface area contributed by atoms with Crippen LogP contribution in [0.2, 0.25) is 0 Å². The first kappa shape index (κ1) is 15.0. The van der Waals surface area contributed by atoms with Gasteiger partial charge in [-0.3, -0.25) is 0 Å². The van der Waals surface area contributed by atoms with Crippen LogP contribution in [0.5, 0.6) is 0 Å². The van der Waals surface area contributed by atoms with Gasteiger partial charge in [-0.1, -0.05) is 30.8 Å². The smallest absolute Gasteiger partial charge is 0.243 e. The van der Waals surface area contributed by atoms with Crippen molar-refractivity contribution in [1.29, 1.82) is 0 Å². The average Bonchev–Trinajstić information content (AvgIpc) is 3.04. The van der Waals surface area contributed by atoms with Crippen LogP contribution in [-0.4, -0.2) is 23.3 Å². The fourth-order valence-electron chi connectivity index (χ4n) is 3.60. The molecule has 5 nitrogen and oxygen atoms in total. The predicted molar refractivity (Wildman–Crippen MR) is 79.8 cm³/mol. The van der Waals surface area contributed by atoms with Crippen LogP contribution in [0.4, 0.5) is 0 Å². The number of ether oxygens (including phenoxy) is 1. The monoisotopic (exact) mass is 293 g/mol. The van der Waals surface area contributed by atoms with E-state index in [1.807, 2.05) is 6.92 Å². The van der Waals surface area contributed by atoms with Gasteiger partial charge in [-0.25, -0.2) is 0 Å². The summed E-state index contributed by atoms with van der Waals surface area (Å²) in [6, 6.07) is 0.230. The van der Waals surface area contributed by atoms with Gasteiger partial charge in [-0.05, 0) is 45.1 Å². The van der Waals surface area contributed by atoms with Crippen LogP contribution in [0.25, 0.3) is 0 Å². The molecule has 0 aromatic carbocycles. The highest BCUT2D eigenvalue weighted by atomic mass is 16.5. The van der Waals surface area contributed by atoms with Crippen LogP contribution in [0.15, 0.2) is 4.52 Å². The minimum absolute atomic E-state index is 0.0105. The first-order valence-electron chi connectivity index (χ1n) is 8.57. The molecule has 1 saturated heterocycles. The van der Waals surface area contributed by atoms with E-state index in [0.717, 1.165) is 24.7 Å². The number of piperidine rings is 1. The topological polar surface area (TPSA) is 60.2 Å². The maximum Gasteiger partial charge on any atom is 0.243 e. The van der Waals surface area contributed by atoms with Crippen molar-refractivity contribution in [3.8, 4) is 0 Å². The van der Waals surface area contributed by atoms with Gasteiger partial charge in [0.2, 0.25) is 11.7 Å². The Morgan fingerprint density at radius 1 is 1.19 bits per heavy atom. The van der Waals surface area contributed by atoms with E-state index >= 15 is 0 Å². The summed E-state index contributed by atoms with van der Waals surface area (Å²) in [7, 11) is 0. The van der Waals surface area contributed by atoms with Crippen LogP contribution in [0.3, 0.4) is 0 Å². The first-order valence-corrected chi connectivity index (χ1v) is 8.57. The lowest BCUT2D eigenvalue weighted by molar-refractivity contribution is -0.00145. The van der Waals surface area contributed by atoms with Crippen molar-refractivity contribution in [3.63, 3.8) is 0 Å². The molecule has 1 aliphatic carbocycles. The summed E-state index contributed by atoms with van der Waals surface area (Å²) < 4.78 is 11.5. The number of nitrogens with zero attached hydrogens (tertiary/aromatic N) is 2. The highest BCUT2D eigenvalue weighted by Gasteiger charge is 2.31. The van der Waals surface area contributed by atoms with Gasteiger partial charge in [0.05, 0.1) is 6.04 Å². The number of nitrogens with one attached hydrogen (secondary N) is 1. The van der Waals surface area contributed by atoms with E-state index in [4.69, 9.17) is 9.26 Å². The van der Waals surface area contributed by atoms with Crippen molar-refractivity contribution in [2.75, 3.05) is 13.2 Å². The molecule has 2 aliphatic rings. The zero-order valence-electron chi connectivity index (χ0n) is 13.0. The van der Waals surface area contributed by atoms with Crippen LogP contribution < -0.4 is 5.32 Å². The summed E-state index contributed by atoms with van der Waals surface area (Å²) in [5.74, 6) is 2.04. The van der Waals surface area contributed by atoms with Gasteiger partial charge < -0.3 is 14.6 Å². The van der Waals surface area contributed by atoms with Crippen molar-refractivity contribution in [2.24, 2.45) is 5.92 Å². The molecule has 3 rings (SSSR count). The van der Waals surface area contributed by atoms with Crippen molar-refractivity contribution >= 4 is 0 Å². The number of hydrogen-bond acceptors (Lipinski definition) is 5. The maximum atomic E-state index is 5.96.